The SMILES string of the molecule is CC=CCN1C(=O)NC(N)NCCCCCCCCNCCCCCCCCNC1N. The fourth-order valence-electron chi connectivity index (χ4n) is 3.72. The smallest absolute Gasteiger partial charge is 0.317 e. The van der Waals surface area contributed by atoms with Gasteiger partial charge in [0.2, 0.25) is 0 Å². The average molecular weight is 440 g/mol. The van der Waals surface area contributed by atoms with E-state index in [0.717, 1.165) is 39.0 Å². The molecule has 8 heteroatoms. The van der Waals surface area contributed by atoms with E-state index in [1.165, 1.54) is 64.2 Å². The molecule has 1 aliphatic heterocycles. The minimum absolute atomic E-state index is 0.263. The van der Waals surface area contributed by atoms with E-state index in [9.17, 15) is 4.79 Å². The van der Waals surface area contributed by atoms with Gasteiger partial charge >= 0.3 is 6.03 Å². The number of carbonyl (C=O) groups excluding carboxylic acids is 1. The van der Waals surface area contributed by atoms with Crippen molar-refractivity contribution >= 4 is 6.03 Å². The molecule has 31 heavy (non-hydrogen) atoms. The van der Waals surface area contributed by atoms with Crippen molar-refractivity contribution in [3.8, 4) is 0 Å². The molecule has 0 bridgehead atoms. The van der Waals surface area contributed by atoms with Gasteiger partial charge in [0.05, 0.1) is 0 Å². The summed E-state index contributed by atoms with van der Waals surface area (Å²) in [6.45, 7) is 6.26. The predicted molar refractivity (Wildman–Crippen MR) is 130 cm³/mol. The van der Waals surface area contributed by atoms with Gasteiger partial charge in [0.1, 0.15) is 12.6 Å². The van der Waals surface area contributed by atoms with Crippen molar-refractivity contribution in [2.75, 3.05) is 32.7 Å². The summed E-state index contributed by atoms with van der Waals surface area (Å²) in [5, 5.41) is 12.8. The van der Waals surface area contributed by atoms with Crippen LogP contribution in [0.3, 0.4) is 0 Å². The Labute approximate surface area is 190 Å². The zero-order valence-corrected chi connectivity index (χ0v) is 19.8. The lowest BCUT2D eigenvalue weighted by Crippen LogP contribution is -2.61. The van der Waals surface area contributed by atoms with Crippen LogP contribution in [0.1, 0.15) is 84.0 Å². The van der Waals surface area contributed by atoms with Gasteiger partial charge in [0.25, 0.3) is 0 Å². The number of nitrogens with zero attached hydrogens (tertiary/aromatic N) is 1. The van der Waals surface area contributed by atoms with Crippen molar-refractivity contribution in [1.29, 1.82) is 0 Å². The van der Waals surface area contributed by atoms with Crippen molar-refractivity contribution in [3.63, 3.8) is 0 Å². The number of allylic oxidation sites excluding steroid dienone is 1. The summed E-state index contributed by atoms with van der Waals surface area (Å²) in [7, 11) is 0. The third kappa shape index (κ3) is 15.3. The van der Waals surface area contributed by atoms with Crippen LogP contribution in [0.5, 0.6) is 0 Å². The van der Waals surface area contributed by atoms with Gasteiger partial charge in [0.15, 0.2) is 0 Å². The first kappa shape index (κ1) is 27.8. The number of rotatable bonds is 2. The molecule has 0 aromatic rings. The molecule has 0 spiro atoms. The van der Waals surface area contributed by atoms with E-state index in [-0.39, 0.29) is 6.03 Å². The van der Waals surface area contributed by atoms with Gasteiger partial charge in [-0.05, 0) is 58.8 Å². The van der Waals surface area contributed by atoms with Crippen LogP contribution in [-0.2, 0) is 0 Å². The molecule has 8 N–H and O–H groups in total. The molecule has 2 unspecified atom stereocenters. The van der Waals surface area contributed by atoms with Gasteiger partial charge in [-0.2, -0.15) is 0 Å². The van der Waals surface area contributed by atoms with Crippen LogP contribution in [0.15, 0.2) is 12.2 Å². The first-order valence-electron chi connectivity index (χ1n) is 12.5. The van der Waals surface area contributed by atoms with E-state index in [1.807, 2.05) is 19.1 Å². The van der Waals surface area contributed by atoms with E-state index in [4.69, 9.17) is 11.5 Å². The van der Waals surface area contributed by atoms with Crippen molar-refractivity contribution in [1.82, 2.24) is 26.2 Å². The summed E-state index contributed by atoms with van der Waals surface area (Å²) >= 11 is 0. The lowest BCUT2D eigenvalue weighted by atomic mass is 10.1. The molecular formula is C23H49N7O. The van der Waals surface area contributed by atoms with E-state index in [0.29, 0.717) is 6.54 Å². The topological polar surface area (TPSA) is 120 Å². The number of nitrogens with two attached hydrogens (primary N) is 2. The molecule has 0 aromatic heterocycles. The highest BCUT2D eigenvalue weighted by Crippen LogP contribution is 2.06. The Morgan fingerprint density at radius 2 is 1.29 bits per heavy atom. The first-order chi connectivity index (χ1) is 15.1. The van der Waals surface area contributed by atoms with Crippen molar-refractivity contribution in [2.24, 2.45) is 11.5 Å². The quantitative estimate of drug-likeness (QED) is 0.368. The van der Waals surface area contributed by atoms with Crippen LogP contribution in [-0.4, -0.2) is 56.2 Å². The molecule has 0 aliphatic carbocycles. The highest BCUT2D eigenvalue weighted by atomic mass is 16.2. The van der Waals surface area contributed by atoms with Gasteiger partial charge in [-0.3, -0.25) is 27.0 Å². The standard InChI is InChI=1S/C23H49N7O/c1-2-3-20-30-22(25)28-19-15-11-7-5-9-13-17-26-16-12-8-4-6-10-14-18-27-21(24)29-23(30)31/h2-3,21-22,26-28H,4-20,24-25H2,1H3,(H,29,31). The minimum atomic E-state index is -0.579. The number of carbonyl (C=O) groups is 1. The van der Waals surface area contributed by atoms with Crippen molar-refractivity contribution in [3.05, 3.63) is 12.2 Å². The summed E-state index contributed by atoms with van der Waals surface area (Å²) in [4.78, 5) is 14.3. The van der Waals surface area contributed by atoms with E-state index in [2.05, 4.69) is 21.3 Å². The summed E-state index contributed by atoms with van der Waals surface area (Å²) in [6.07, 6.45) is 17.4. The molecule has 1 rings (SSSR count). The molecule has 1 heterocycles. The van der Waals surface area contributed by atoms with Crippen molar-refractivity contribution < 1.29 is 4.79 Å². The van der Waals surface area contributed by atoms with Crippen LogP contribution in [0.4, 0.5) is 4.79 Å². The Kier molecular flexibility index (Phi) is 17.5. The molecule has 8 nitrogen and oxygen atoms in total. The highest BCUT2D eigenvalue weighted by Gasteiger charge is 2.20. The van der Waals surface area contributed by atoms with Crippen LogP contribution in [0, 0.1) is 0 Å². The van der Waals surface area contributed by atoms with Crippen LogP contribution >= 0.6 is 0 Å². The summed E-state index contributed by atoms with van der Waals surface area (Å²) in [5.41, 5.74) is 12.3. The number of hydrogen-bond acceptors (Lipinski definition) is 6. The maximum Gasteiger partial charge on any atom is 0.322 e. The van der Waals surface area contributed by atoms with E-state index in [1.54, 1.807) is 4.90 Å². The lowest BCUT2D eigenvalue weighted by Gasteiger charge is -2.30. The van der Waals surface area contributed by atoms with Gasteiger partial charge in [0, 0.05) is 6.54 Å². The molecule has 1 fully saturated rings. The Morgan fingerprint density at radius 3 is 1.84 bits per heavy atom. The molecular weight excluding hydrogens is 390 g/mol. The fraction of sp³-hybridized carbons (Fsp3) is 0.870. The number of urea groups is 1. The molecule has 182 valence electrons. The molecule has 1 aliphatic rings. The third-order valence-corrected chi connectivity index (χ3v) is 5.69. The normalized spacial score (nSPS) is 26.3. The molecule has 0 aromatic carbocycles. The molecule has 1 saturated heterocycles. The Hall–Kier alpha value is -1.19. The average Bonchev–Trinajstić information content (AvgIpc) is 2.75. The minimum Gasteiger partial charge on any atom is -0.317 e. The van der Waals surface area contributed by atoms with Crippen LogP contribution in [0.25, 0.3) is 0 Å². The van der Waals surface area contributed by atoms with Crippen LogP contribution in [0.2, 0.25) is 0 Å². The Balaban J connectivity index is 2.48. The maximum absolute atomic E-state index is 12.7. The number of hydrogen-bond donors (Lipinski definition) is 6. The van der Waals surface area contributed by atoms with Gasteiger partial charge in [-0.25, -0.2) is 4.79 Å². The van der Waals surface area contributed by atoms with Gasteiger partial charge < -0.3 is 10.6 Å². The Bertz CT molecular complexity index is 461. The zero-order valence-electron chi connectivity index (χ0n) is 19.8. The lowest BCUT2D eigenvalue weighted by molar-refractivity contribution is 0.165. The van der Waals surface area contributed by atoms with E-state index < -0.39 is 12.6 Å². The largest absolute Gasteiger partial charge is 0.322 e. The second-order valence-corrected chi connectivity index (χ2v) is 8.49. The predicted octanol–water partition coefficient (Wildman–Crippen LogP) is 2.52. The molecule has 0 radical (unpaired) electrons. The zero-order chi connectivity index (χ0) is 22.6. The summed E-state index contributed by atoms with van der Waals surface area (Å²) in [5.74, 6) is 0. The number of nitrogens with one attached hydrogen (secondary N) is 4. The number of amides is 2. The maximum atomic E-state index is 12.7. The summed E-state index contributed by atoms with van der Waals surface area (Å²) in [6, 6.07) is -0.263. The second kappa shape index (κ2) is 19.5. The monoisotopic (exact) mass is 439 g/mol. The Morgan fingerprint density at radius 1 is 0.806 bits per heavy atom. The molecule has 2 atom stereocenters. The van der Waals surface area contributed by atoms with E-state index >= 15 is 0 Å². The van der Waals surface area contributed by atoms with Gasteiger partial charge in [-0.15, -0.1) is 0 Å². The second-order valence-electron chi connectivity index (χ2n) is 8.49. The summed E-state index contributed by atoms with van der Waals surface area (Å²) < 4.78 is 0. The highest BCUT2D eigenvalue weighted by molar-refractivity contribution is 5.74. The van der Waals surface area contributed by atoms with Gasteiger partial charge in [-0.1, -0.05) is 63.5 Å². The molecule has 2 amide bonds. The third-order valence-electron chi connectivity index (χ3n) is 5.69. The van der Waals surface area contributed by atoms with Crippen LogP contribution < -0.4 is 32.7 Å². The molecule has 0 saturated carbocycles. The fourth-order valence-corrected chi connectivity index (χ4v) is 3.72. The first-order valence-corrected chi connectivity index (χ1v) is 12.5. The van der Waals surface area contributed by atoms with Crippen molar-refractivity contribution in [2.45, 2.75) is 96.6 Å².